The summed E-state index contributed by atoms with van der Waals surface area (Å²) in [6.45, 7) is 3.64. The minimum Gasteiger partial charge on any atom is -0.468 e. The number of ether oxygens (including phenoxy) is 1. The van der Waals surface area contributed by atoms with Crippen molar-refractivity contribution in [2.24, 2.45) is 0 Å². The van der Waals surface area contributed by atoms with E-state index in [2.05, 4.69) is 14.9 Å². The van der Waals surface area contributed by atoms with Crippen LogP contribution in [0.4, 0.5) is 0 Å². The Morgan fingerprint density at radius 2 is 2.22 bits per heavy atom. The fourth-order valence-electron chi connectivity index (χ4n) is 1.98. The zero-order chi connectivity index (χ0) is 16.8. The number of amides is 1. The molecular weight excluding hydrogens is 318 g/mol. The van der Waals surface area contributed by atoms with Crippen LogP contribution >= 0.6 is 11.3 Å². The summed E-state index contributed by atoms with van der Waals surface area (Å²) in [7, 11) is 1.30. The van der Waals surface area contributed by atoms with Gasteiger partial charge in [-0.15, -0.1) is 11.3 Å². The van der Waals surface area contributed by atoms with Crippen molar-refractivity contribution < 1.29 is 18.8 Å². The maximum Gasteiger partial charge on any atom is 0.325 e. The van der Waals surface area contributed by atoms with Crippen molar-refractivity contribution in [1.82, 2.24) is 15.0 Å². The molecule has 0 saturated carbocycles. The molecule has 2 aromatic rings. The summed E-state index contributed by atoms with van der Waals surface area (Å²) < 4.78 is 9.78. The van der Waals surface area contributed by atoms with Gasteiger partial charge in [0.15, 0.2) is 0 Å². The van der Waals surface area contributed by atoms with E-state index in [1.807, 2.05) is 31.4 Å². The fraction of sp³-hybridized carbons (Fsp3) is 0.467. The maximum absolute atomic E-state index is 12.3. The molecule has 0 aliphatic rings. The Morgan fingerprint density at radius 3 is 2.83 bits per heavy atom. The molecule has 7 nitrogen and oxygen atoms in total. The quantitative estimate of drug-likeness (QED) is 0.720. The van der Waals surface area contributed by atoms with Gasteiger partial charge < -0.3 is 14.2 Å². The number of carbonyl (C=O) groups excluding carboxylic acids is 2. The molecule has 2 aromatic heterocycles. The highest BCUT2D eigenvalue weighted by Crippen LogP contribution is 2.21. The number of methoxy groups -OCH3 is 1. The van der Waals surface area contributed by atoms with Gasteiger partial charge in [0.25, 0.3) is 0 Å². The number of thiophene rings is 1. The second kappa shape index (κ2) is 7.87. The van der Waals surface area contributed by atoms with Crippen LogP contribution in [-0.2, 0) is 20.7 Å². The maximum atomic E-state index is 12.3. The Labute approximate surface area is 138 Å². The van der Waals surface area contributed by atoms with Crippen LogP contribution < -0.4 is 0 Å². The van der Waals surface area contributed by atoms with Crippen LogP contribution in [0.2, 0.25) is 0 Å². The first-order valence-electron chi connectivity index (χ1n) is 7.24. The summed E-state index contributed by atoms with van der Waals surface area (Å²) in [5.41, 5.74) is 0. The molecule has 0 aliphatic carbocycles. The Bertz CT molecular complexity index is 651. The van der Waals surface area contributed by atoms with E-state index in [4.69, 9.17) is 4.52 Å². The molecule has 0 bridgehead atoms. The monoisotopic (exact) mass is 337 g/mol. The van der Waals surface area contributed by atoms with E-state index in [9.17, 15) is 9.59 Å². The first-order valence-corrected chi connectivity index (χ1v) is 8.12. The van der Waals surface area contributed by atoms with Gasteiger partial charge >= 0.3 is 5.97 Å². The van der Waals surface area contributed by atoms with Crippen molar-refractivity contribution in [3.63, 3.8) is 0 Å². The number of aryl methyl sites for hydroxylation is 1. The molecule has 23 heavy (non-hydrogen) atoms. The Balaban J connectivity index is 1.93. The van der Waals surface area contributed by atoms with Gasteiger partial charge in [0.05, 0.1) is 12.0 Å². The van der Waals surface area contributed by atoms with Crippen molar-refractivity contribution in [3.8, 4) is 10.7 Å². The minimum absolute atomic E-state index is 0.0583. The van der Waals surface area contributed by atoms with Gasteiger partial charge in [-0.2, -0.15) is 4.98 Å². The van der Waals surface area contributed by atoms with Gasteiger partial charge in [0, 0.05) is 18.9 Å². The Hall–Kier alpha value is -2.22. The number of nitrogens with zero attached hydrogens (tertiary/aromatic N) is 3. The number of hydrogen-bond donors (Lipinski definition) is 0. The average Bonchev–Trinajstić information content (AvgIpc) is 3.20. The topological polar surface area (TPSA) is 85.5 Å². The molecular formula is C15H19N3O4S. The predicted molar refractivity (Wildman–Crippen MR) is 84.8 cm³/mol. The highest BCUT2D eigenvalue weighted by Gasteiger charge is 2.21. The van der Waals surface area contributed by atoms with Crippen LogP contribution in [0.1, 0.15) is 26.2 Å². The molecule has 0 aliphatic heterocycles. The van der Waals surface area contributed by atoms with Crippen LogP contribution in [0.25, 0.3) is 10.7 Å². The Kier molecular flexibility index (Phi) is 5.86. The average molecular weight is 337 g/mol. The number of esters is 1. The number of hydrogen-bond acceptors (Lipinski definition) is 7. The Morgan fingerprint density at radius 1 is 1.43 bits per heavy atom. The van der Waals surface area contributed by atoms with Gasteiger partial charge in [-0.25, -0.2) is 0 Å². The van der Waals surface area contributed by atoms with Crippen molar-refractivity contribution in [2.45, 2.75) is 32.7 Å². The van der Waals surface area contributed by atoms with Gasteiger partial charge in [-0.3, -0.25) is 9.59 Å². The zero-order valence-corrected chi connectivity index (χ0v) is 14.1. The molecule has 2 heterocycles. The van der Waals surface area contributed by atoms with Gasteiger partial charge in [-0.05, 0) is 25.3 Å². The molecule has 8 heteroatoms. The molecule has 0 spiro atoms. The second-order valence-corrected chi connectivity index (χ2v) is 6.13. The largest absolute Gasteiger partial charge is 0.468 e. The molecule has 0 N–H and O–H groups in total. The molecule has 0 unspecified atom stereocenters. The normalized spacial score (nSPS) is 10.8. The van der Waals surface area contributed by atoms with Crippen molar-refractivity contribution in [3.05, 3.63) is 23.4 Å². The molecule has 0 aromatic carbocycles. The van der Waals surface area contributed by atoms with E-state index < -0.39 is 5.97 Å². The van der Waals surface area contributed by atoms with Crippen LogP contribution in [0.15, 0.2) is 22.0 Å². The molecule has 124 valence electrons. The van der Waals surface area contributed by atoms with E-state index in [-0.39, 0.29) is 24.9 Å². The van der Waals surface area contributed by atoms with Crippen molar-refractivity contribution >= 4 is 23.2 Å². The van der Waals surface area contributed by atoms with Crippen LogP contribution in [0, 0.1) is 0 Å². The first-order chi connectivity index (χ1) is 11.0. The molecule has 2 rings (SSSR count). The van der Waals surface area contributed by atoms with Crippen LogP contribution in [0.5, 0.6) is 0 Å². The van der Waals surface area contributed by atoms with Gasteiger partial charge in [0.1, 0.15) is 6.54 Å². The lowest BCUT2D eigenvalue weighted by Gasteiger charge is -2.25. The molecule has 0 atom stereocenters. The number of aromatic nitrogens is 2. The molecule has 0 fully saturated rings. The smallest absolute Gasteiger partial charge is 0.325 e. The third kappa shape index (κ3) is 4.62. The predicted octanol–water partition coefficient (Wildman–Crippen LogP) is 2.14. The third-order valence-corrected chi connectivity index (χ3v) is 4.10. The fourth-order valence-corrected chi connectivity index (χ4v) is 2.63. The van der Waals surface area contributed by atoms with Crippen molar-refractivity contribution in [1.29, 1.82) is 0 Å². The van der Waals surface area contributed by atoms with E-state index in [1.165, 1.54) is 23.3 Å². The second-order valence-electron chi connectivity index (χ2n) is 5.18. The summed E-state index contributed by atoms with van der Waals surface area (Å²) in [4.78, 5) is 30.3. The lowest BCUT2D eigenvalue weighted by Crippen LogP contribution is -2.41. The van der Waals surface area contributed by atoms with Crippen LogP contribution in [0.3, 0.4) is 0 Å². The van der Waals surface area contributed by atoms with Gasteiger partial charge in [-0.1, -0.05) is 11.2 Å². The standard InChI is InChI=1S/C15H19N3O4S/c1-10(2)18(9-14(20)21-3)13(19)7-6-12-16-15(17-22-12)11-5-4-8-23-11/h4-5,8,10H,6-7,9H2,1-3H3. The SMILES string of the molecule is COC(=O)CN(C(=O)CCc1nc(-c2cccs2)no1)C(C)C. The minimum atomic E-state index is -0.440. The summed E-state index contributed by atoms with van der Waals surface area (Å²) in [6.07, 6.45) is 0.531. The number of rotatable bonds is 7. The summed E-state index contributed by atoms with van der Waals surface area (Å²) in [6, 6.07) is 3.72. The summed E-state index contributed by atoms with van der Waals surface area (Å²) in [5.74, 6) is 0.340. The molecule has 0 radical (unpaired) electrons. The van der Waals surface area contributed by atoms with E-state index in [0.717, 1.165) is 4.88 Å². The van der Waals surface area contributed by atoms with E-state index in [1.54, 1.807) is 0 Å². The lowest BCUT2D eigenvalue weighted by molar-refractivity contribution is -0.148. The third-order valence-electron chi connectivity index (χ3n) is 3.23. The highest BCUT2D eigenvalue weighted by molar-refractivity contribution is 7.13. The molecule has 0 saturated heterocycles. The van der Waals surface area contributed by atoms with E-state index >= 15 is 0 Å². The summed E-state index contributed by atoms with van der Waals surface area (Å²) in [5, 5.41) is 5.84. The lowest BCUT2D eigenvalue weighted by atomic mass is 10.2. The van der Waals surface area contributed by atoms with Gasteiger partial charge in [0.2, 0.25) is 17.6 Å². The van der Waals surface area contributed by atoms with Crippen LogP contribution in [-0.4, -0.2) is 46.6 Å². The highest BCUT2D eigenvalue weighted by atomic mass is 32.1. The van der Waals surface area contributed by atoms with E-state index in [0.29, 0.717) is 18.1 Å². The zero-order valence-electron chi connectivity index (χ0n) is 13.3. The molecule has 1 amide bonds. The summed E-state index contributed by atoms with van der Waals surface area (Å²) >= 11 is 1.52. The van der Waals surface area contributed by atoms with Crippen molar-refractivity contribution in [2.75, 3.05) is 13.7 Å². The first kappa shape index (κ1) is 17.1. The number of carbonyl (C=O) groups is 2.